The number of aromatic hydroxyl groups is 1. The summed E-state index contributed by atoms with van der Waals surface area (Å²) in [5, 5.41) is 27.5. The van der Waals surface area contributed by atoms with Crippen LogP contribution in [0.3, 0.4) is 0 Å². The first-order valence-electron chi connectivity index (χ1n) is 6.41. The van der Waals surface area contributed by atoms with Crippen LogP contribution in [0.5, 0.6) is 5.75 Å². The summed E-state index contributed by atoms with van der Waals surface area (Å²) in [5.41, 5.74) is 0.349. The van der Waals surface area contributed by atoms with Crippen LogP contribution in [-0.2, 0) is 0 Å². The number of tetrazole rings is 1. The highest BCUT2D eigenvalue weighted by molar-refractivity contribution is 6.02. The summed E-state index contributed by atoms with van der Waals surface area (Å²) < 4.78 is 1.12. The van der Waals surface area contributed by atoms with Crippen LogP contribution in [-0.4, -0.2) is 46.2 Å². The molecule has 0 spiro atoms. The number of aromatic amines is 2. The number of amides is 1. The van der Waals surface area contributed by atoms with E-state index in [1.807, 2.05) is 0 Å². The highest BCUT2D eigenvalue weighted by atomic mass is 16.3. The quantitative estimate of drug-likeness (QED) is 0.394. The van der Waals surface area contributed by atoms with Gasteiger partial charge in [-0.1, -0.05) is 5.10 Å². The van der Waals surface area contributed by atoms with E-state index < -0.39 is 11.5 Å². The number of phenolic OH excluding ortho intramolecular Hbond substituents is 1. The molecule has 3 heterocycles. The molecule has 11 heteroatoms. The van der Waals surface area contributed by atoms with Gasteiger partial charge >= 0.3 is 0 Å². The number of hydrogen-bond acceptors (Lipinski definition) is 7. The van der Waals surface area contributed by atoms with E-state index in [4.69, 9.17) is 0 Å². The Hall–Kier alpha value is -3.76. The molecule has 23 heavy (non-hydrogen) atoms. The third-order valence-electron chi connectivity index (χ3n) is 3.20. The third-order valence-corrected chi connectivity index (χ3v) is 3.20. The van der Waals surface area contributed by atoms with Gasteiger partial charge in [0.25, 0.3) is 17.4 Å². The molecule has 0 atom stereocenters. The number of anilines is 1. The van der Waals surface area contributed by atoms with Crippen LogP contribution >= 0.6 is 0 Å². The zero-order chi connectivity index (χ0) is 16.0. The molecule has 0 aliphatic rings. The summed E-state index contributed by atoms with van der Waals surface area (Å²) in [6.45, 7) is 0. The van der Waals surface area contributed by atoms with E-state index in [0.717, 1.165) is 4.52 Å². The van der Waals surface area contributed by atoms with Gasteiger partial charge in [0, 0.05) is 6.07 Å². The molecule has 0 aliphatic heterocycles. The molecular weight excluding hydrogens is 304 g/mol. The predicted molar refractivity (Wildman–Crippen MR) is 77.1 cm³/mol. The highest BCUT2D eigenvalue weighted by Crippen LogP contribution is 2.16. The first kappa shape index (κ1) is 12.9. The summed E-state index contributed by atoms with van der Waals surface area (Å²) in [4.78, 5) is 28.8. The summed E-state index contributed by atoms with van der Waals surface area (Å²) in [6.07, 6.45) is 0. The second-order valence-corrected chi connectivity index (χ2v) is 4.67. The van der Waals surface area contributed by atoms with Crippen LogP contribution in [0.15, 0.2) is 29.1 Å². The maximum atomic E-state index is 12.4. The van der Waals surface area contributed by atoms with Gasteiger partial charge < -0.3 is 5.11 Å². The van der Waals surface area contributed by atoms with Crippen LogP contribution in [0.1, 0.15) is 10.5 Å². The molecule has 1 amide bonds. The molecule has 114 valence electrons. The lowest BCUT2D eigenvalue weighted by Crippen LogP contribution is -2.17. The van der Waals surface area contributed by atoms with Crippen molar-refractivity contribution in [2.45, 2.75) is 0 Å². The van der Waals surface area contributed by atoms with Gasteiger partial charge in [-0.3, -0.25) is 20.0 Å². The number of benzene rings is 1. The van der Waals surface area contributed by atoms with Crippen molar-refractivity contribution in [3.8, 4) is 5.75 Å². The van der Waals surface area contributed by atoms with Crippen molar-refractivity contribution in [1.29, 1.82) is 0 Å². The molecule has 4 aromatic rings. The molecule has 11 nitrogen and oxygen atoms in total. The lowest BCUT2D eigenvalue weighted by atomic mass is 10.2. The van der Waals surface area contributed by atoms with Crippen LogP contribution in [0.25, 0.3) is 16.6 Å². The molecule has 4 rings (SSSR count). The minimum absolute atomic E-state index is 0.00375. The molecule has 0 fully saturated rings. The maximum absolute atomic E-state index is 12.4. The summed E-state index contributed by atoms with van der Waals surface area (Å²) in [7, 11) is 0. The molecule has 0 saturated carbocycles. The number of nitrogens with one attached hydrogen (secondary N) is 3. The average molecular weight is 312 g/mol. The Morgan fingerprint density at radius 3 is 2.96 bits per heavy atom. The van der Waals surface area contributed by atoms with Crippen molar-refractivity contribution in [2.24, 2.45) is 0 Å². The zero-order valence-corrected chi connectivity index (χ0v) is 11.3. The van der Waals surface area contributed by atoms with Crippen molar-refractivity contribution in [1.82, 2.24) is 35.2 Å². The van der Waals surface area contributed by atoms with Crippen molar-refractivity contribution < 1.29 is 9.90 Å². The maximum Gasteiger partial charge on any atom is 0.280 e. The SMILES string of the molecule is O=C(Nc1nn[nH]n1)c1cc2nc3ccc(O)cc3c(=O)n2[nH]1. The number of nitrogens with zero attached hydrogens (tertiary/aromatic N) is 5. The van der Waals surface area contributed by atoms with Crippen LogP contribution in [0.2, 0.25) is 0 Å². The van der Waals surface area contributed by atoms with E-state index in [1.54, 1.807) is 0 Å². The number of carbonyl (C=O) groups excluding carboxylic acids is 1. The van der Waals surface area contributed by atoms with Gasteiger partial charge in [-0.15, -0.1) is 5.10 Å². The Balaban J connectivity index is 1.84. The molecule has 4 N–H and O–H groups in total. The standard InChI is InChI=1S/C12H8N8O3/c21-5-1-2-7-6(3-5)11(23)20-9(13-7)4-8(17-20)10(22)14-12-15-18-19-16-12/h1-4,17,21H,(H2,14,15,16,18,19,22). The zero-order valence-electron chi connectivity index (χ0n) is 11.3. The predicted octanol–water partition coefficient (Wildman–Crippen LogP) is -0.353. The second-order valence-electron chi connectivity index (χ2n) is 4.67. The number of fused-ring (bicyclic) bond motifs is 2. The highest BCUT2D eigenvalue weighted by Gasteiger charge is 2.15. The van der Waals surface area contributed by atoms with E-state index in [9.17, 15) is 14.7 Å². The van der Waals surface area contributed by atoms with E-state index in [-0.39, 0.29) is 28.4 Å². The number of H-pyrrole nitrogens is 2. The first-order chi connectivity index (χ1) is 11.1. The molecular formula is C12H8N8O3. The molecule has 0 saturated heterocycles. The van der Waals surface area contributed by atoms with Crippen molar-refractivity contribution >= 4 is 28.4 Å². The lowest BCUT2D eigenvalue weighted by Gasteiger charge is -1.99. The molecule has 0 bridgehead atoms. The van der Waals surface area contributed by atoms with Gasteiger partial charge in [-0.25, -0.2) is 9.50 Å². The summed E-state index contributed by atoms with van der Waals surface area (Å²) in [5.74, 6) is -0.592. The van der Waals surface area contributed by atoms with Crippen LogP contribution < -0.4 is 10.9 Å². The first-order valence-corrected chi connectivity index (χ1v) is 6.41. The average Bonchev–Trinajstić information content (AvgIpc) is 3.17. The van der Waals surface area contributed by atoms with Gasteiger partial charge in [0.1, 0.15) is 11.4 Å². The molecule has 0 unspecified atom stereocenters. The van der Waals surface area contributed by atoms with Gasteiger partial charge in [0.05, 0.1) is 10.9 Å². The Labute approximate surface area is 126 Å². The van der Waals surface area contributed by atoms with E-state index in [2.05, 4.69) is 36.0 Å². The Kier molecular flexibility index (Phi) is 2.60. The van der Waals surface area contributed by atoms with Crippen molar-refractivity contribution in [3.05, 3.63) is 40.3 Å². The number of aromatic nitrogens is 7. The lowest BCUT2D eigenvalue weighted by molar-refractivity contribution is 0.102. The van der Waals surface area contributed by atoms with Gasteiger partial charge in [-0.05, 0) is 23.4 Å². The Morgan fingerprint density at radius 2 is 2.17 bits per heavy atom. The second kappa shape index (κ2) is 4.62. The fraction of sp³-hybridized carbons (Fsp3) is 0. The Bertz CT molecular complexity index is 1090. The van der Waals surface area contributed by atoms with Crippen molar-refractivity contribution in [2.75, 3.05) is 5.32 Å². The van der Waals surface area contributed by atoms with Crippen molar-refractivity contribution in [3.63, 3.8) is 0 Å². The number of rotatable bonds is 2. The number of phenols is 1. The minimum Gasteiger partial charge on any atom is -0.508 e. The summed E-state index contributed by atoms with van der Waals surface area (Å²) in [6, 6.07) is 5.69. The fourth-order valence-electron chi connectivity index (χ4n) is 2.18. The molecule has 0 aliphatic carbocycles. The van der Waals surface area contributed by atoms with Gasteiger partial charge in [0.2, 0.25) is 0 Å². The van der Waals surface area contributed by atoms with Crippen LogP contribution in [0, 0.1) is 0 Å². The molecule has 3 aromatic heterocycles. The third kappa shape index (κ3) is 2.07. The monoisotopic (exact) mass is 312 g/mol. The molecule has 1 aromatic carbocycles. The smallest absolute Gasteiger partial charge is 0.280 e. The normalized spacial score (nSPS) is 11.1. The fourth-order valence-corrected chi connectivity index (χ4v) is 2.18. The van der Waals surface area contributed by atoms with E-state index in [0.29, 0.717) is 5.52 Å². The van der Waals surface area contributed by atoms with E-state index in [1.165, 1.54) is 24.3 Å². The molecule has 0 radical (unpaired) electrons. The largest absolute Gasteiger partial charge is 0.508 e. The topological polar surface area (TPSA) is 154 Å². The summed E-state index contributed by atoms with van der Waals surface area (Å²) >= 11 is 0. The van der Waals surface area contributed by atoms with Gasteiger partial charge in [-0.2, -0.15) is 5.21 Å². The van der Waals surface area contributed by atoms with E-state index >= 15 is 0 Å². The van der Waals surface area contributed by atoms with Crippen LogP contribution in [0.4, 0.5) is 5.95 Å². The van der Waals surface area contributed by atoms with Gasteiger partial charge in [0.15, 0.2) is 5.65 Å². The number of hydrogen-bond donors (Lipinski definition) is 4. The number of carbonyl (C=O) groups is 1. The Morgan fingerprint density at radius 1 is 1.30 bits per heavy atom. The minimum atomic E-state index is -0.553.